The highest BCUT2D eigenvalue weighted by molar-refractivity contribution is 7.90. The number of hydrogen-bond acceptors (Lipinski definition) is 3. The summed E-state index contributed by atoms with van der Waals surface area (Å²) >= 11 is 5.74. The van der Waals surface area contributed by atoms with Crippen LogP contribution < -0.4 is 0 Å². The maximum absolute atomic E-state index is 13.1. The molecular weight excluding hydrogens is 315 g/mol. The molecule has 6 heteroatoms. The predicted octanol–water partition coefficient (Wildman–Crippen LogP) is 3.13. The molecule has 0 bridgehead atoms. The Morgan fingerprint density at radius 2 is 1.81 bits per heavy atom. The van der Waals surface area contributed by atoms with Gasteiger partial charge >= 0.3 is 0 Å². The van der Waals surface area contributed by atoms with Crippen molar-refractivity contribution in [2.45, 2.75) is 11.9 Å². The summed E-state index contributed by atoms with van der Waals surface area (Å²) in [6.07, 6.45) is -1.14. The lowest BCUT2D eigenvalue weighted by atomic mass is 10.1. The van der Waals surface area contributed by atoms with Gasteiger partial charge in [0.05, 0.1) is 17.6 Å². The summed E-state index contributed by atoms with van der Waals surface area (Å²) in [5.74, 6) is -1.22. The molecule has 0 aliphatic heterocycles. The molecule has 0 saturated heterocycles. The number of aliphatic hydroxyl groups excluding tert-OH is 1. The zero-order valence-corrected chi connectivity index (χ0v) is 12.6. The lowest BCUT2D eigenvalue weighted by molar-refractivity contribution is 0.201. The highest BCUT2D eigenvalue weighted by Crippen LogP contribution is 2.19. The van der Waals surface area contributed by atoms with Crippen LogP contribution in [0.15, 0.2) is 48.5 Å². The van der Waals surface area contributed by atoms with Crippen LogP contribution in [0.4, 0.5) is 4.39 Å². The zero-order valence-electron chi connectivity index (χ0n) is 11.0. The van der Waals surface area contributed by atoms with Crippen LogP contribution in [0.1, 0.15) is 17.2 Å². The van der Waals surface area contributed by atoms with Crippen LogP contribution in [-0.4, -0.2) is 19.3 Å². The van der Waals surface area contributed by atoms with Crippen LogP contribution in [0.5, 0.6) is 0 Å². The molecular formula is C15H14ClFO3S. The first-order valence-electron chi connectivity index (χ1n) is 6.24. The van der Waals surface area contributed by atoms with E-state index in [0.717, 1.165) is 0 Å². The van der Waals surface area contributed by atoms with Crippen molar-refractivity contribution >= 4 is 21.4 Å². The molecule has 1 atom stereocenters. The van der Waals surface area contributed by atoms with Crippen molar-refractivity contribution in [1.29, 1.82) is 0 Å². The van der Waals surface area contributed by atoms with Gasteiger partial charge in [0.25, 0.3) is 0 Å². The van der Waals surface area contributed by atoms with E-state index in [1.807, 2.05) is 0 Å². The van der Waals surface area contributed by atoms with Crippen molar-refractivity contribution in [3.8, 4) is 0 Å². The van der Waals surface area contributed by atoms with Crippen molar-refractivity contribution in [3.05, 3.63) is 70.5 Å². The van der Waals surface area contributed by atoms with Crippen molar-refractivity contribution < 1.29 is 17.9 Å². The van der Waals surface area contributed by atoms with Crippen molar-refractivity contribution in [1.82, 2.24) is 0 Å². The summed E-state index contributed by atoms with van der Waals surface area (Å²) < 4.78 is 37.2. The van der Waals surface area contributed by atoms with Crippen LogP contribution in [0.25, 0.3) is 0 Å². The average molecular weight is 329 g/mol. The van der Waals surface area contributed by atoms with Gasteiger partial charge in [0.15, 0.2) is 9.84 Å². The number of benzene rings is 2. The van der Waals surface area contributed by atoms with E-state index in [1.165, 1.54) is 24.3 Å². The fourth-order valence-corrected chi connectivity index (χ4v) is 3.57. The Bertz CT molecular complexity index is 714. The van der Waals surface area contributed by atoms with Crippen molar-refractivity contribution in [2.75, 3.05) is 5.75 Å². The van der Waals surface area contributed by atoms with Crippen molar-refractivity contribution in [3.63, 3.8) is 0 Å². The molecule has 0 amide bonds. The fraction of sp³-hybridized carbons (Fsp3) is 0.200. The van der Waals surface area contributed by atoms with Crippen molar-refractivity contribution in [2.24, 2.45) is 0 Å². The number of aliphatic hydroxyl groups is 1. The molecule has 0 aliphatic carbocycles. The monoisotopic (exact) mass is 328 g/mol. The molecule has 0 fully saturated rings. The van der Waals surface area contributed by atoms with Gasteiger partial charge in [0.1, 0.15) is 5.82 Å². The number of rotatable bonds is 5. The molecule has 0 radical (unpaired) electrons. The van der Waals surface area contributed by atoms with Gasteiger partial charge in [-0.1, -0.05) is 35.9 Å². The Balaban J connectivity index is 2.08. The average Bonchev–Trinajstić information content (AvgIpc) is 2.38. The van der Waals surface area contributed by atoms with Gasteiger partial charge in [-0.3, -0.25) is 0 Å². The van der Waals surface area contributed by atoms with E-state index in [1.54, 1.807) is 24.3 Å². The maximum Gasteiger partial charge on any atom is 0.157 e. The van der Waals surface area contributed by atoms with E-state index in [4.69, 9.17) is 11.6 Å². The van der Waals surface area contributed by atoms with E-state index in [2.05, 4.69) is 0 Å². The summed E-state index contributed by atoms with van der Waals surface area (Å²) in [6, 6.07) is 11.7. The lowest BCUT2D eigenvalue weighted by Gasteiger charge is -2.12. The molecule has 0 aromatic heterocycles. The SMILES string of the molecule is O=S(=O)(Cc1cccc(F)c1)CC(O)c1ccc(Cl)cc1. The number of sulfone groups is 1. The Morgan fingerprint density at radius 3 is 2.43 bits per heavy atom. The van der Waals surface area contributed by atoms with E-state index < -0.39 is 27.5 Å². The van der Waals surface area contributed by atoms with Crippen LogP contribution >= 0.6 is 11.6 Å². The minimum atomic E-state index is -3.56. The Hall–Kier alpha value is -1.43. The van der Waals surface area contributed by atoms with Gasteiger partial charge in [0.2, 0.25) is 0 Å². The van der Waals surface area contributed by atoms with Gasteiger partial charge in [-0.2, -0.15) is 0 Å². The second-order valence-electron chi connectivity index (χ2n) is 4.75. The number of hydrogen-bond donors (Lipinski definition) is 1. The molecule has 1 unspecified atom stereocenters. The van der Waals surface area contributed by atoms with Gasteiger partial charge in [-0.25, -0.2) is 12.8 Å². The normalized spacial score (nSPS) is 13.1. The van der Waals surface area contributed by atoms with Crippen LogP contribution in [0.3, 0.4) is 0 Å². The van der Waals surface area contributed by atoms with Crippen LogP contribution in [-0.2, 0) is 15.6 Å². The van der Waals surface area contributed by atoms with E-state index in [9.17, 15) is 17.9 Å². The van der Waals surface area contributed by atoms with Gasteiger partial charge in [-0.05, 0) is 35.4 Å². The summed E-state index contributed by atoms with van der Waals surface area (Å²) in [6.45, 7) is 0. The molecule has 21 heavy (non-hydrogen) atoms. The maximum atomic E-state index is 13.1. The summed E-state index contributed by atoms with van der Waals surface area (Å²) in [7, 11) is -3.56. The van der Waals surface area contributed by atoms with Gasteiger partial charge < -0.3 is 5.11 Å². The Kier molecular flexibility index (Phi) is 4.98. The molecule has 0 aliphatic rings. The molecule has 2 aromatic rings. The lowest BCUT2D eigenvalue weighted by Crippen LogP contribution is -2.16. The highest BCUT2D eigenvalue weighted by Gasteiger charge is 2.19. The second kappa shape index (κ2) is 6.56. The van der Waals surface area contributed by atoms with Gasteiger partial charge in [-0.15, -0.1) is 0 Å². The third kappa shape index (κ3) is 4.81. The predicted molar refractivity (Wildman–Crippen MR) is 80.3 cm³/mol. The minimum absolute atomic E-state index is 0.310. The van der Waals surface area contributed by atoms with Gasteiger partial charge in [0, 0.05) is 5.02 Å². The topological polar surface area (TPSA) is 54.4 Å². The first-order chi connectivity index (χ1) is 9.85. The molecule has 0 spiro atoms. The summed E-state index contributed by atoms with van der Waals surface area (Å²) in [4.78, 5) is 0. The fourth-order valence-electron chi connectivity index (χ4n) is 1.96. The standard InChI is InChI=1S/C15H14ClFO3S/c16-13-6-4-12(5-7-13)15(18)10-21(19,20)9-11-2-1-3-14(17)8-11/h1-8,15,18H,9-10H2. The van der Waals surface area contributed by atoms with E-state index in [0.29, 0.717) is 16.1 Å². The van der Waals surface area contributed by atoms with Crippen LogP contribution in [0.2, 0.25) is 5.02 Å². The molecule has 3 nitrogen and oxygen atoms in total. The summed E-state index contributed by atoms with van der Waals surface area (Å²) in [5.41, 5.74) is 0.834. The summed E-state index contributed by atoms with van der Waals surface area (Å²) in [5, 5.41) is 10.5. The molecule has 1 N–H and O–H groups in total. The third-order valence-electron chi connectivity index (χ3n) is 2.94. The molecule has 112 valence electrons. The third-order valence-corrected chi connectivity index (χ3v) is 4.79. The largest absolute Gasteiger partial charge is 0.387 e. The number of halogens is 2. The zero-order chi connectivity index (χ0) is 15.5. The Morgan fingerprint density at radius 1 is 1.14 bits per heavy atom. The Labute approximate surface area is 127 Å². The minimum Gasteiger partial charge on any atom is -0.387 e. The molecule has 2 rings (SSSR count). The first-order valence-corrected chi connectivity index (χ1v) is 8.44. The second-order valence-corrected chi connectivity index (χ2v) is 7.30. The molecule has 0 heterocycles. The molecule has 0 saturated carbocycles. The first kappa shape index (κ1) is 15.9. The smallest absolute Gasteiger partial charge is 0.157 e. The van der Waals surface area contributed by atoms with E-state index >= 15 is 0 Å². The highest BCUT2D eigenvalue weighted by atomic mass is 35.5. The molecule has 2 aromatic carbocycles. The van der Waals surface area contributed by atoms with E-state index in [-0.39, 0.29) is 5.75 Å². The van der Waals surface area contributed by atoms with Crippen LogP contribution in [0, 0.1) is 5.82 Å². The quantitative estimate of drug-likeness (QED) is 0.917.